The minimum Gasteiger partial charge on any atom is -0.344 e. The van der Waals surface area contributed by atoms with E-state index in [2.05, 4.69) is 76.3 Å². The van der Waals surface area contributed by atoms with Crippen molar-refractivity contribution in [3.05, 3.63) is 66.0 Å². The number of carbonyl (C=O) groups is 2. The Balaban J connectivity index is 0.982. The molecule has 7 heteroatoms. The Morgan fingerprint density at radius 2 is 1.72 bits per heavy atom. The van der Waals surface area contributed by atoms with Crippen LogP contribution in [-0.4, -0.2) is 68.4 Å². The monoisotopic (exact) mass is 579 g/mol. The molecule has 0 bridgehead atoms. The number of benzene rings is 2. The molecule has 3 aromatic rings. The molecule has 3 unspecified atom stereocenters. The predicted molar refractivity (Wildman–Crippen MR) is 168 cm³/mol. The smallest absolute Gasteiger partial charge is 0.245 e. The van der Waals surface area contributed by atoms with E-state index in [1.54, 1.807) is 0 Å². The van der Waals surface area contributed by atoms with Gasteiger partial charge in [0.1, 0.15) is 11.9 Å². The molecule has 2 aromatic carbocycles. The summed E-state index contributed by atoms with van der Waals surface area (Å²) < 4.78 is 2.54. The Hall–Kier alpha value is -3.19. The van der Waals surface area contributed by atoms with Gasteiger partial charge in [0, 0.05) is 37.6 Å². The van der Waals surface area contributed by atoms with E-state index in [9.17, 15) is 9.59 Å². The van der Waals surface area contributed by atoms with Gasteiger partial charge in [-0.25, -0.2) is 4.98 Å². The molecule has 1 aromatic heterocycles. The Bertz CT molecular complexity index is 1540. The van der Waals surface area contributed by atoms with Crippen molar-refractivity contribution in [3.63, 3.8) is 0 Å². The fourth-order valence-corrected chi connectivity index (χ4v) is 9.66. The van der Waals surface area contributed by atoms with Crippen molar-refractivity contribution in [2.75, 3.05) is 19.6 Å². The van der Waals surface area contributed by atoms with Crippen molar-refractivity contribution >= 4 is 22.8 Å². The molecule has 2 saturated heterocycles. The number of para-hydroxylation sites is 2. The van der Waals surface area contributed by atoms with Crippen LogP contribution in [0.15, 0.2) is 54.6 Å². The van der Waals surface area contributed by atoms with Crippen molar-refractivity contribution in [1.82, 2.24) is 24.7 Å². The summed E-state index contributed by atoms with van der Waals surface area (Å²) >= 11 is 0. The number of carbonyl (C=O) groups excluding carboxylic acids is 2. The third-order valence-corrected chi connectivity index (χ3v) is 12.2. The SMILES string of the molecule is CC(=O)NC(C(=O)N1CCC(CCN2[C@H]3C[C@H](n4c(C)nc5ccccc54)C[C@@H]4CCC432)(c2ccccc2)CC1)C1CC1. The van der Waals surface area contributed by atoms with Gasteiger partial charge < -0.3 is 14.8 Å². The Morgan fingerprint density at radius 3 is 2.42 bits per heavy atom. The van der Waals surface area contributed by atoms with E-state index in [-0.39, 0.29) is 23.3 Å². The highest BCUT2D eigenvalue weighted by Gasteiger charge is 2.72. The van der Waals surface area contributed by atoms with E-state index in [4.69, 9.17) is 4.98 Å². The fraction of sp³-hybridized carbons (Fsp3) is 0.583. The van der Waals surface area contributed by atoms with Gasteiger partial charge in [-0.05, 0) is 106 Å². The van der Waals surface area contributed by atoms with Crippen molar-refractivity contribution in [2.45, 2.75) is 101 Å². The molecule has 7 nitrogen and oxygen atoms in total. The van der Waals surface area contributed by atoms with Crippen LogP contribution in [0.25, 0.3) is 11.0 Å². The maximum atomic E-state index is 13.5. The summed E-state index contributed by atoms with van der Waals surface area (Å²) in [4.78, 5) is 35.2. The van der Waals surface area contributed by atoms with Crippen molar-refractivity contribution in [1.29, 1.82) is 0 Å². The van der Waals surface area contributed by atoms with Crippen molar-refractivity contribution in [3.8, 4) is 0 Å². The number of likely N-dealkylation sites (tertiary alicyclic amines) is 2. The van der Waals surface area contributed by atoms with Crippen LogP contribution in [0.5, 0.6) is 0 Å². The van der Waals surface area contributed by atoms with Gasteiger partial charge >= 0.3 is 0 Å². The van der Waals surface area contributed by atoms with E-state index < -0.39 is 0 Å². The highest BCUT2D eigenvalue weighted by molar-refractivity contribution is 5.87. The third-order valence-electron chi connectivity index (χ3n) is 12.2. The number of nitrogens with zero attached hydrogens (tertiary/aromatic N) is 4. The summed E-state index contributed by atoms with van der Waals surface area (Å²) in [7, 11) is 0. The van der Waals surface area contributed by atoms with Crippen molar-refractivity contribution in [2.24, 2.45) is 11.8 Å². The van der Waals surface area contributed by atoms with Crippen LogP contribution in [0.2, 0.25) is 0 Å². The first-order chi connectivity index (χ1) is 20.9. The first-order valence-corrected chi connectivity index (χ1v) is 16.7. The van der Waals surface area contributed by atoms with Gasteiger partial charge in [-0.15, -0.1) is 0 Å². The Kier molecular flexibility index (Phi) is 6.48. The van der Waals surface area contributed by atoms with Gasteiger partial charge in [-0.1, -0.05) is 42.5 Å². The summed E-state index contributed by atoms with van der Waals surface area (Å²) in [5.74, 6) is 2.27. The van der Waals surface area contributed by atoms with Crippen LogP contribution >= 0.6 is 0 Å². The fourth-order valence-electron chi connectivity index (χ4n) is 9.66. The second-order valence-electron chi connectivity index (χ2n) is 14.3. The molecular formula is C36H45N5O2. The third kappa shape index (κ3) is 4.44. The molecule has 3 saturated carbocycles. The molecule has 3 aliphatic carbocycles. The second-order valence-corrected chi connectivity index (χ2v) is 14.3. The summed E-state index contributed by atoms with van der Waals surface area (Å²) in [6, 6.07) is 20.6. The lowest BCUT2D eigenvalue weighted by Gasteiger charge is -2.45. The van der Waals surface area contributed by atoms with E-state index in [0.29, 0.717) is 23.5 Å². The minimum atomic E-state index is -0.346. The molecule has 5 aliphatic rings. The number of amides is 2. The van der Waals surface area contributed by atoms with Crippen molar-refractivity contribution < 1.29 is 9.59 Å². The van der Waals surface area contributed by atoms with Crippen LogP contribution in [0, 0.1) is 18.8 Å². The van der Waals surface area contributed by atoms with Gasteiger partial charge in [-0.3, -0.25) is 14.5 Å². The number of piperidine rings is 1. The lowest BCUT2D eigenvalue weighted by Crippen LogP contribution is -2.53. The quantitative estimate of drug-likeness (QED) is 0.364. The maximum Gasteiger partial charge on any atom is 0.245 e. The number of hydrogen-bond acceptors (Lipinski definition) is 4. The zero-order valence-corrected chi connectivity index (χ0v) is 25.7. The molecular weight excluding hydrogens is 534 g/mol. The van der Waals surface area contributed by atoms with Crippen LogP contribution in [0.4, 0.5) is 0 Å². The summed E-state index contributed by atoms with van der Waals surface area (Å²) in [5.41, 5.74) is 4.35. The van der Waals surface area contributed by atoms with Crippen LogP contribution < -0.4 is 5.32 Å². The van der Waals surface area contributed by atoms with Crippen LogP contribution in [-0.2, 0) is 15.0 Å². The lowest BCUT2D eigenvalue weighted by atomic mass is 9.63. The van der Waals surface area contributed by atoms with E-state index in [1.807, 2.05) is 4.90 Å². The second kappa shape index (κ2) is 10.2. The molecule has 226 valence electrons. The molecule has 1 spiro atoms. The standard InChI is InChI=1S/C36H45N5O2/c1-24-37-30-10-6-7-11-31(30)41(24)29-22-28-14-15-36(28)32(23-29)40(36)21-18-35(27-8-4-3-5-9-27)16-19-39(20-17-35)34(43)33(26-12-13-26)38-25(2)42/h3-11,26,28-29,32-33H,12-23H2,1-2H3,(H,38,42)/t28-,29+,32-,33?,36?,40?/m0/s1. The molecule has 2 amide bonds. The van der Waals surface area contributed by atoms with Gasteiger partial charge in [-0.2, -0.15) is 0 Å². The molecule has 0 radical (unpaired) electrons. The highest BCUT2D eigenvalue weighted by Crippen LogP contribution is 2.67. The number of aryl methyl sites for hydroxylation is 1. The molecule has 1 N–H and O–H groups in total. The van der Waals surface area contributed by atoms with E-state index >= 15 is 0 Å². The van der Waals surface area contributed by atoms with Crippen LogP contribution in [0.3, 0.4) is 0 Å². The number of rotatable bonds is 8. The molecule has 5 fully saturated rings. The first kappa shape index (κ1) is 27.4. The Labute approximate surface area is 255 Å². The van der Waals surface area contributed by atoms with E-state index in [1.165, 1.54) is 43.7 Å². The summed E-state index contributed by atoms with van der Waals surface area (Å²) in [6.45, 7) is 6.37. The molecule has 6 atom stereocenters. The van der Waals surface area contributed by atoms with Gasteiger partial charge in [0.15, 0.2) is 0 Å². The number of aromatic nitrogens is 2. The first-order valence-electron chi connectivity index (χ1n) is 16.7. The summed E-state index contributed by atoms with van der Waals surface area (Å²) in [6.07, 6.45) is 10.4. The van der Waals surface area contributed by atoms with Gasteiger partial charge in [0.2, 0.25) is 11.8 Å². The number of nitrogens with one attached hydrogen (secondary N) is 1. The number of hydrogen-bond donors (Lipinski definition) is 1. The van der Waals surface area contributed by atoms with Gasteiger partial charge in [0.25, 0.3) is 0 Å². The average Bonchev–Trinajstić information content (AvgIpc) is 3.93. The summed E-state index contributed by atoms with van der Waals surface area (Å²) in [5, 5.41) is 2.97. The molecule has 3 heterocycles. The molecule has 2 aliphatic heterocycles. The van der Waals surface area contributed by atoms with E-state index in [0.717, 1.165) is 69.0 Å². The Morgan fingerprint density at radius 1 is 0.977 bits per heavy atom. The highest BCUT2D eigenvalue weighted by atomic mass is 16.2. The average molecular weight is 580 g/mol. The zero-order chi connectivity index (χ0) is 29.3. The minimum absolute atomic E-state index is 0.0826. The normalized spacial score (nSPS) is 31.4. The number of imidazole rings is 1. The largest absolute Gasteiger partial charge is 0.344 e. The molecule has 43 heavy (non-hydrogen) atoms. The predicted octanol–water partition coefficient (Wildman–Crippen LogP) is 5.38. The zero-order valence-electron chi connectivity index (χ0n) is 25.7. The van der Waals surface area contributed by atoms with Crippen LogP contribution in [0.1, 0.15) is 82.1 Å². The molecule has 8 rings (SSSR count). The maximum absolute atomic E-state index is 13.5. The topological polar surface area (TPSA) is 70.2 Å². The lowest BCUT2D eigenvalue weighted by molar-refractivity contribution is -0.138. The number of fused-ring (bicyclic) bond motifs is 1. The van der Waals surface area contributed by atoms with Gasteiger partial charge in [0.05, 0.1) is 11.0 Å².